The van der Waals surface area contributed by atoms with E-state index in [0.29, 0.717) is 24.7 Å². The highest BCUT2D eigenvalue weighted by atomic mass is 16.4. The van der Waals surface area contributed by atoms with Gasteiger partial charge in [-0.25, -0.2) is 4.79 Å². The Balaban J connectivity index is 1.52. The predicted molar refractivity (Wildman–Crippen MR) is 89.2 cm³/mol. The molecule has 1 amide bonds. The zero-order valence-electron chi connectivity index (χ0n) is 13.4. The van der Waals surface area contributed by atoms with Gasteiger partial charge in [-0.15, -0.1) is 0 Å². The summed E-state index contributed by atoms with van der Waals surface area (Å²) < 4.78 is 1.90. The summed E-state index contributed by atoms with van der Waals surface area (Å²) >= 11 is 0. The van der Waals surface area contributed by atoms with Gasteiger partial charge in [0.1, 0.15) is 5.69 Å². The number of carboxylic acids is 1. The maximum atomic E-state index is 12.2. The molecule has 0 radical (unpaired) electrons. The first-order valence-corrected chi connectivity index (χ1v) is 8.29. The normalized spacial score (nSPS) is 14.7. The van der Waals surface area contributed by atoms with Crippen LogP contribution in [0.2, 0.25) is 0 Å². The van der Waals surface area contributed by atoms with E-state index in [1.165, 1.54) is 12.8 Å². The van der Waals surface area contributed by atoms with Gasteiger partial charge in [-0.1, -0.05) is 25.0 Å². The fourth-order valence-corrected chi connectivity index (χ4v) is 3.10. The zero-order valence-corrected chi connectivity index (χ0v) is 13.4. The van der Waals surface area contributed by atoms with Crippen molar-refractivity contribution < 1.29 is 14.7 Å². The van der Waals surface area contributed by atoms with E-state index in [-0.39, 0.29) is 11.5 Å². The van der Waals surface area contributed by atoms with E-state index in [4.69, 9.17) is 5.11 Å². The van der Waals surface area contributed by atoms with Gasteiger partial charge in [-0.3, -0.25) is 9.48 Å². The minimum absolute atomic E-state index is 0.193. The number of nitrogens with zero attached hydrogens (tertiary/aromatic N) is 2. The topological polar surface area (TPSA) is 84.2 Å². The summed E-state index contributed by atoms with van der Waals surface area (Å²) in [7, 11) is 0. The fourth-order valence-electron chi connectivity index (χ4n) is 3.10. The molecule has 0 atom stereocenters. The van der Waals surface area contributed by atoms with Gasteiger partial charge >= 0.3 is 5.97 Å². The lowest BCUT2D eigenvalue weighted by Crippen LogP contribution is -2.26. The Bertz CT molecular complexity index is 733. The van der Waals surface area contributed by atoms with Crippen molar-refractivity contribution in [2.45, 2.75) is 38.1 Å². The lowest BCUT2D eigenvalue weighted by molar-refractivity contribution is 0.0696. The third kappa shape index (κ3) is 3.82. The van der Waals surface area contributed by atoms with Gasteiger partial charge < -0.3 is 10.4 Å². The number of hydrogen-bond donors (Lipinski definition) is 2. The summed E-state index contributed by atoms with van der Waals surface area (Å²) in [5, 5.41) is 16.2. The summed E-state index contributed by atoms with van der Waals surface area (Å²) in [5.41, 5.74) is 1.57. The quantitative estimate of drug-likeness (QED) is 0.854. The third-order valence-corrected chi connectivity index (χ3v) is 4.41. The monoisotopic (exact) mass is 327 g/mol. The molecule has 126 valence electrons. The van der Waals surface area contributed by atoms with Gasteiger partial charge in [-0.2, -0.15) is 5.10 Å². The molecule has 0 spiro atoms. The molecule has 1 fully saturated rings. The highest BCUT2D eigenvalue weighted by Gasteiger charge is 2.19. The van der Waals surface area contributed by atoms with E-state index in [0.717, 1.165) is 18.4 Å². The van der Waals surface area contributed by atoms with Gasteiger partial charge in [0.25, 0.3) is 5.91 Å². The highest BCUT2D eigenvalue weighted by Crippen LogP contribution is 2.28. The van der Waals surface area contributed by atoms with Crippen molar-refractivity contribution in [2.75, 3.05) is 6.54 Å². The average Bonchev–Trinajstić information content (AvgIpc) is 3.26. The first kappa shape index (κ1) is 16.2. The molecule has 1 saturated carbocycles. The fraction of sp³-hybridized carbons (Fsp3) is 0.389. The van der Waals surface area contributed by atoms with Crippen molar-refractivity contribution in [3.8, 4) is 0 Å². The number of carbonyl (C=O) groups is 2. The molecule has 3 rings (SSSR count). The van der Waals surface area contributed by atoms with E-state index >= 15 is 0 Å². The van der Waals surface area contributed by atoms with Crippen LogP contribution < -0.4 is 5.32 Å². The summed E-state index contributed by atoms with van der Waals surface area (Å²) in [6.07, 6.45) is 7.16. The largest absolute Gasteiger partial charge is 0.478 e. The molecule has 1 heterocycles. The number of nitrogens with one attached hydrogen (secondary N) is 1. The Morgan fingerprint density at radius 1 is 1.25 bits per heavy atom. The van der Waals surface area contributed by atoms with Gasteiger partial charge in [0, 0.05) is 12.7 Å². The molecule has 2 aromatic rings. The van der Waals surface area contributed by atoms with Crippen molar-refractivity contribution in [1.82, 2.24) is 15.1 Å². The second-order valence-electron chi connectivity index (χ2n) is 6.13. The average molecular weight is 327 g/mol. The summed E-state index contributed by atoms with van der Waals surface area (Å²) in [6, 6.07) is 8.92. The van der Waals surface area contributed by atoms with Crippen LogP contribution in [-0.4, -0.2) is 33.3 Å². The third-order valence-electron chi connectivity index (χ3n) is 4.41. The van der Waals surface area contributed by atoms with E-state index in [9.17, 15) is 9.59 Å². The highest BCUT2D eigenvalue weighted by molar-refractivity contribution is 5.92. The minimum Gasteiger partial charge on any atom is -0.478 e. The van der Waals surface area contributed by atoms with Crippen LogP contribution in [0.3, 0.4) is 0 Å². The molecule has 1 aromatic carbocycles. The molecule has 6 heteroatoms. The van der Waals surface area contributed by atoms with Gasteiger partial charge in [-0.05, 0) is 43.0 Å². The van der Waals surface area contributed by atoms with Crippen LogP contribution in [0.4, 0.5) is 0 Å². The lowest BCUT2D eigenvalue weighted by atomic mass is 10.1. The van der Waals surface area contributed by atoms with Crippen LogP contribution in [0.15, 0.2) is 36.5 Å². The number of carbonyl (C=O) groups excluding carboxylic acids is 1. The predicted octanol–water partition coefficient (Wildman–Crippen LogP) is 2.67. The maximum absolute atomic E-state index is 12.2. The molecule has 1 aromatic heterocycles. The van der Waals surface area contributed by atoms with E-state index in [2.05, 4.69) is 10.4 Å². The van der Waals surface area contributed by atoms with E-state index in [1.54, 1.807) is 24.3 Å². The first-order valence-electron chi connectivity index (χ1n) is 8.29. The molecule has 1 aliphatic rings. The van der Waals surface area contributed by atoms with Crippen LogP contribution in [-0.2, 0) is 6.42 Å². The van der Waals surface area contributed by atoms with Crippen molar-refractivity contribution in [1.29, 1.82) is 0 Å². The Morgan fingerprint density at radius 2 is 2.04 bits per heavy atom. The Morgan fingerprint density at radius 3 is 2.79 bits per heavy atom. The zero-order chi connectivity index (χ0) is 16.9. The Kier molecular flexibility index (Phi) is 4.93. The number of carboxylic acid groups (broad SMARTS) is 1. The molecule has 24 heavy (non-hydrogen) atoms. The molecule has 0 bridgehead atoms. The second-order valence-corrected chi connectivity index (χ2v) is 6.13. The van der Waals surface area contributed by atoms with Crippen LogP contribution in [0, 0.1) is 0 Å². The summed E-state index contributed by atoms with van der Waals surface area (Å²) in [5.74, 6) is -1.14. The molecule has 1 aliphatic carbocycles. The smallest absolute Gasteiger partial charge is 0.335 e. The molecular weight excluding hydrogens is 306 g/mol. The van der Waals surface area contributed by atoms with Crippen LogP contribution >= 0.6 is 0 Å². The van der Waals surface area contributed by atoms with Gasteiger partial charge in [0.15, 0.2) is 0 Å². The molecule has 0 unspecified atom stereocenters. The second kappa shape index (κ2) is 7.29. The molecule has 2 N–H and O–H groups in total. The first-order chi connectivity index (χ1) is 11.6. The summed E-state index contributed by atoms with van der Waals surface area (Å²) in [6.45, 7) is 0.443. The Hall–Kier alpha value is -2.63. The standard InChI is InChI=1S/C18H21N3O3/c22-17(16-9-11-21(20-16)15-6-1-2-7-15)19-10-8-13-4-3-5-14(12-13)18(23)24/h3-5,9,11-12,15H,1-2,6-8,10H2,(H,19,22)(H,23,24). The van der Waals surface area contributed by atoms with Crippen molar-refractivity contribution >= 4 is 11.9 Å². The maximum Gasteiger partial charge on any atom is 0.335 e. The number of aromatic nitrogens is 2. The van der Waals surface area contributed by atoms with Gasteiger partial charge in [0.05, 0.1) is 11.6 Å². The van der Waals surface area contributed by atoms with Crippen LogP contribution in [0.1, 0.15) is 58.1 Å². The molecule has 6 nitrogen and oxygen atoms in total. The van der Waals surface area contributed by atoms with E-state index in [1.807, 2.05) is 16.9 Å². The molecule has 0 saturated heterocycles. The van der Waals surface area contributed by atoms with Crippen LogP contribution in [0.25, 0.3) is 0 Å². The number of aromatic carboxylic acids is 1. The molecular formula is C18H21N3O3. The number of benzene rings is 1. The summed E-state index contributed by atoms with van der Waals surface area (Å²) in [4.78, 5) is 23.1. The van der Waals surface area contributed by atoms with Crippen molar-refractivity contribution in [3.05, 3.63) is 53.3 Å². The van der Waals surface area contributed by atoms with Crippen molar-refractivity contribution in [3.63, 3.8) is 0 Å². The number of rotatable bonds is 6. The number of amides is 1. The number of hydrogen-bond acceptors (Lipinski definition) is 3. The lowest BCUT2D eigenvalue weighted by Gasteiger charge is -2.09. The van der Waals surface area contributed by atoms with Gasteiger partial charge in [0.2, 0.25) is 0 Å². The van der Waals surface area contributed by atoms with Crippen molar-refractivity contribution in [2.24, 2.45) is 0 Å². The molecule has 0 aliphatic heterocycles. The minimum atomic E-state index is -0.946. The van der Waals surface area contributed by atoms with E-state index < -0.39 is 5.97 Å². The SMILES string of the molecule is O=C(O)c1cccc(CCNC(=O)c2ccn(C3CCCC3)n2)c1. The Labute approximate surface area is 140 Å². The van der Waals surface area contributed by atoms with Crippen LogP contribution in [0.5, 0.6) is 0 Å².